The predicted octanol–water partition coefficient (Wildman–Crippen LogP) is 19.6. The number of carbonyl (C=O) groups is 1. The fourth-order valence-electron chi connectivity index (χ4n) is 11.9. The molecular formula is C72H139NO8. The minimum atomic E-state index is -1.55. The molecule has 1 fully saturated rings. The van der Waals surface area contributed by atoms with E-state index in [2.05, 4.69) is 43.5 Å². The molecule has 9 nitrogen and oxygen atoms in total. The lowest BCUT2D eigenvalue weighted by atomic mass is 9.99. The van der Waals surface area contributed by atoms with Crippen molar-refractivity contribution in [2.24, 2.45) is 0 Å². The van der Waals surface area contributed by atoms with Gasteiger partial charge < -0.3 is 40.3 Å². The largest absolute Gasteiger partial charge is 0.394 e. The molecule has 0 saturated carbocycles. The number of carbonyl (C=O) groups excluding carboxylic acids is 1. The van der Waals surface area contributed by atoms with Crippen molar-refractivity contribution >= 4 is 5.91 Å². The molecule has 7 atom stereocenters. The highest BCUT2D eigenvalue weighted by molar-refractivity contribution is 5.76. The van der Waals surface area contributed by atoms with Crippen molar-refractivity contribution in [1.29, 1.82) is 0 Å². The molecule has 0 aromatic rings. The van der Waals surface area contributed by atoms with Gasteiger partial charge in [-0.25, -0.2) is 0 Å². The van der Waals surface area contributed by atoms with E-state index < -0.39 is 49.5 Å². The van der Waals surface area contributed by atoms with E-state index in [1.54, 1.807) is 0 Å². The van der Waals surface area contributed by atoms with Gasteiger partial charge in [0, 0.05) is 6.42 Å². The summed E-state index contributed by atoms with van der Waals surface area (Å²) in [4.78, 5) is 13.2. The minimum absolute atomic E-state index is 0.134. The molecule has 0 aromatic heterocycles. The normalized spacial score (nSPS) is 18.4. The van der Waals surface area contributed by atoms with Gasteiger partial charge in [-0.1, -0.05) is 346 Å². The second-order valence-corrected chi connectivity index (χ2v) is 25.4. The zero-order chi connectivity index (χ0) is 58.6. The van der Waals surface area contributed by atoms with E-state index in [0.29, 0.717) is 12.8 Å². The molecule has 1 saturated heterocycles. The van der Waals surface area contributed by atoms with Crippen LogP contribution in [-0.4, -0.2) is 87.5 Å². The summed E-state index contributed by atoms with van der Waals surface area (Å²) in [6.07, 6.45) is 74.0. The van der Waals surface area contributed by atoms with Crippen molar-refractivity contribution < 1.29 is 39.8 Å². The summed E-state index contributed by atoms with van der Waals surface area (Å²) in [5.41, 5.74) is 0. The van der Waals surface area contributed by atoms with Crippen LogP contribution in [0.2, 0.25) is 0 Å². The second-order valence-electron chi connectivity index (χ2n) is 25.4. The first kappa shape index (κ1) is 77.7. The standard InChI is InChI=1S/C72H139NO8/c1-3-5-7-9-11-13-15-17-19-21-23-25-27-29-31-32-33-34-36-37-39-41-43-45-47-49-51-53-55-57-59-61-66(75)65(64-80-72-71(79)70(78)69(77)67(63-74)81-72)73-68(76)62-60-58-56-54-52-50-48-46-44-42-40-38-35-30-28-26-24-22-20-18-16-14-12-10-8-6-4-2/h16,18,22,24,65-67,69-72,74-75,77-79H,3-15,17,19-21,23,25-64H2,1-2H3,(H,73,76)/b18-16-,24-22-. The lowest BCUT2D eigenvalue weighted by Gasteiger charge is -2.40. The Morgan fingerprint density at radius 2 is 0.728 bits per heavy atom. The number of amides is 1. The molecule has 0 spiro atoms. The summed E-state index contributed by atoms with van der Waals surface area (Å²) in [5.74, 6) is -0.137. The van der Waals surface area contributed by atoms with Gasteiger partial charge in [-0.15, -0.1) is 0 Å². The maximum Gasteiger partial charge on any atom is 0.220 e. The molecular weight excluding hydrogens is 1010 g/mol. The molecule has 0 aliphatic carbocycles. The predicted molar refractivity (Wildman–Crippen MR) is 346 cm³/mol. The molecule has 1 amide bonds. The third-order valence-corrected chi connectivity index (χ3v) is 17.6. The molecule has 0 radical (unpaired) electrons. The van der Waals surface area contributed by atoms with Crippen molar-refractivity contribution in [3.05, 3.63) is 24.3 Å². The Hall–Kier alpha value is -1.33. The Kier molecular flexibility index (Phi) is 59.2. The van der Waals surface area contributed by atoms with Crippen LogP contribution in [0.4, 0.5) is 0 Å². The number of unbranched alkanes of at least 4 members (excludes halogenated alkanes) is 50. The lowest BCUT2D eigenvalue weighted by Crippen LogP contribution is -2.60. The van der Waals surface area contributed by atoms with Crippen LogP contribution in [0.15, 0.2) is 24.3 Å². The third kappa shape index (κ3) is 50.5. The number of ether oxygens (including phenoxy) is 2. The molecule has 480 valence electrons. The maximum absolute atomic E-state index is 13.2. The van der Waals surface area contributed by atoms with Gasteiger partial charge in [0.15, 0.2) is 6.29 Å². The highest BCUT2D eigenvalue weighted by atomic mass is 16.7. The summed E-state index contributed by atoms with van der Waals surface area (Å²) >= 11 is 0. The van der Waals surface area contributed by atoms with Crippen LogP contribution in [0.5, 0.6) is 0 Å². The number of aliphatic hydroxyl groups excluding tert-OH is 5. The Morgan fingerprint density at radius 1 is 0.420 bits per heavy atom. The molecule has 1 rings (SSSR count). The first-order valence-corrected chi connectivity index (χ1v) is 36.0. The van der Waals surface area contributed by atoms with E-state index in [0.717, 1.165) is 44.9 Å². The Morgan fingerprint density at radius 3 is 1.06 bits per heavy atom. The van der Waals surface area contributed by atoms with E-state index in [4.69, 9.17) is 9.47 Å². The van der Waals surface area contributed by atoms with Crippen molar-refractivity contribution in [3.8, 4) is 0 Å². The van der Waals surface area contributed by atoms with Gasteiger partial charge in [0.1, 0.15) is 24.4 Å². The van der Waals surface area contributed by atoms with Gasteiger partial charge in [0.25, 0.3) is 0 Å². The number of allylic oxidation sites excluding steroid dienone is 4. The first-order chi connectivity index (χ1) is 39.8. The first-order valence-electron chi connectivity index (χ1n) is 36.0. The highest BCUT2D eigenvalue weighted by Gasteiger charge is 2.44. The van der Waals surface area contributed by atoms with Crippen LogP contribution in [0.1, 0.15) is 373 Å². The summed E-state index contributed by atoms with van der Waals surface area (Å²) in [7, 11) is 0. The Balaban J connectivity index is 2.09. The fraction of sp³-hybridized carbons (Fsp3) is 0.931. The quantitative estimate of drug-likeness (QED) is 0.0261. The third-order valence-electron chi connectivity index (χ3n) is 17.6. The molecule has 6 N–H and O–H groups in total. The maximum atomic E-state index is 13.2. The average Bonchev–Trinajstić information content (AvgIpc) is 3.48. The van der Waals surface area contributed by atoms with Gasteiger partial charge in [0.05, 0.1) is 25.4 Å². The zero-order valence-electron chi connectivity index (χ0n) is 53.8. The van der Waals surface area contributed by atoms with E-state index >= 15 is 0 Å². The highest BCUT2D eigenvalue weighted by Crippen LogP contribution is 2.24. The molecule has 81 heavy (non-hydrogen) atoms. The van der Waals surface area contributed by atoms with Crippen LogP contribution < -0.4 is 5.32 Å². The van der Waals surface area contributed by atoms with Crippen LogP contribution in [0.25, 0.3) is 0 Å². The lowest BCUT2D eigenvalue weighted by molar-refractivity contribution is -0.302. The monoisotopic (exact) mass is 1150 g/mol. The van der Waals surface area contributed by atoms with Gasteiger partial charge in [-0.2, -0.15) is 0 Å². The second kappa shape index (κ2) is 61.7. The van der Waals surface area contributed by atoms with Gasteiger partial charge in [-0.05, 0) is 44.9 Å². The number of rotatable bonds is 64. The molecule has 1 aliphatic heterocycles. The molecule has 1 heterocycles. The van der Waals surface area contributed by atoms with Crippen LogP contribution >= 0.6 is 0 Å². The van der Waals surface area contributed by atoms with Crippen molar-refractivity contribution in [2.75, 3.05) is 13.2 Å². The molecule has 0 aromatic carbocycles. The summed E-state index contributed by atoms with van der Waals surface area (Å²) in [5, 5.41) is 55.0. The van der Waals surface area contributed by atoms with E-state index in [-0.39, 0.29) is 12.5 Å². The zero-order valence-corrected chi connectivity index (χ0v) is 53.8. The fourth-order valence-corrected chi connectivity index (χ4v) is 11.9. The van der Waals surface area contributed by atoms with Crippen molar-refractivity contribution in [1.82, 2.24) is 5.32 Å². The Bertz CT molecular complexity index is 1330. The number of hydrogen-bond acceptors (Lipinski definition) is 8. The van der Waals surface area contributed by atoms with Crippen LogP contribution in [0.3, 0.4) is 0 Å². The number of aliphatic hydroxyl groups is 5. The van der Waals surface area contributed by atoms with Crippen LogP contribution in [0, 0.1) is 0 Å². The number of nitrogens with one attached hydrogen (secondary N) is 1. The van der Waals surface area contributed by atoms with Gasteiger partial charge in [0.2, 0.25) is 5.91 Å². The summed E-state index contributed by atoms with van der Waals surface area (Å²) in [6.45, 7) is 3.89. The average molecular weight is 1150 g/mol. The van der Waals surface area contributed by atoms with E-state index in [1.165, 1.54) is 302 Å². The summed E-state index contributed by atoms with van der Waals surface area (Å²) in [6, 6.07) is -0.719. The summed E-state index contributed by atoms with van der Waals surface area (Å²) < 4.78 is 11.4. The van der Waals surface area contributed by atoms with E-state index in [9.17, 15) is 30.3 Å². The SMILES string of the molecule is CCCCCCC/C=C\C/C=C\CCCCCCCCCCCCCCCCCC(=O)NC(COC1OC(CO)C(O)C(O)C1O)C(O)CCCCCCCCCCCCCCCCCCCCCCCCCCCCCCCCC. The van der Waals surface area contributed by atoms with Gasteiger partial charge in [-0.3, -0.25) is 4.79 Å². The minimum Gasteiger partial charge on any atom is -0.394 e. The Labute approximate surface area is 502 Å². The van der Waals surface area contributed by atoms with Crippen molar-refractivity contribution in [3.63, 3.8) is 0 Å². The number of hydrogen-bond donors (Lipinski definition) is 6. The smallest absolute Gasteiger partial charge is 0.220 e. The van der Waals surface area contributed by atoms with Gasteiger partial charge >= 0.3 is 0 Å². The van der Waals surface area contributed by atoms with Crippen molar-refractivity contribution in [2.45, 2.75) is 416 Å². The molecule has 7 unspecified atom stereocenters. The van der Waals surface area contributed by atoms with E-state index in [1.807, 2.05) is 0 Å². The molecule has 1 aliphatic rings. The molecule has 9 heteroatoms. The molecule has 0 bridgehead atoms. The van der Waals surface area contributed by atoms with Crippen LogP contribution in [-0.2, 0) is 14.3 Å². The topological polar surface area (TPSA) is 149 Å².